The highest BCUT2D eigenvalue weighted by Gasteiger charge is 2.22. The molecule has 0 aliphatic heterocycles. The summed E-state index contributed by atoms with van der Waals surface area (Å²) >= 11 is 0. The number of pyridine rings is 1. The van der Waals surface area contributed by atoms with Crippen LogP contribution in [-0.4, -0.2) is 32.9 Å². The van der Waals surface area contributed by atoms with Gasteiger partial charge in [0.25, 0.3) is 5.56 Å². The Bertz CT molecular complexity index is 1650. The van der Waals surface area contributed by atoms with Gasteiger partial charge in [0, 0.05) is 37.4 Å². The molecule has 33 heavy (non-hydrogen) atoms. The lowest BCUT2D eigenvalue weighted by atomic mass is 10.1. The fraction of sp³-hybridized carbons (Fsp3) is 0.160. The number of hydrogen-bond acceptors (Lipinski definition) is 5. The second kappa shape index (κ2) is 7.67. The van der Waals surface area contributed by atoms with Gasteiger partial charge in [0.1, 0.15) is 0 Å². The van der Waals surface area contributed by atoms with E-state index in [2.05, 4.69) is 4.98 Å². The largest absolute Gasteiger partial charge is 0.493 e. The maximum atomic E-state index is 13.3. The SMILES string of the molecule is COc1ccc(-c2c3c(=O)n(C)c(=O)n(C)c3cn2-c2cccc3cccnc23)cc1OC. The first-order valence-electron chi connectivity index (χ1n) is 10.3. The normalized spacial score (nSPS) is 11.3. The van der Waals surface area contributed by atoms with Crippen molar-refractivity contribution in [2.24, 2.45) is 14.1 Å². The number of hydrogen-bond donors (Lipinski definition) is 0. The lowest BCUT2D eigenvalue weighted by Crippen LogP contribution is -2.36. The van der Waals surface area contributed by atoms with Crippen LogP contribution < -0.4 is 20.7 Å². The smallest absolute Gasteiger partial charge is 0.330 e. The van der Waals surface area contributed by atoms with E-state index in [4.69, 9.17) is 9.47 Å². The van der Waals surface area contributed by atoms with Crippen LogP contribution >= 0.6 is 0 Å². The van der Waals surface area contributed by atoms with Crippen molar-refractivity contribution in [2.45, 2.75) is 0 Å². The summed E-state index contributed by atoms with van der Waals surface area (Å²) in [7, 11) is 6.28. The van der Waals surface area contributed by atoms with Crippen molar-refractivity contribution in [3.05, 3.63) is 81.8 Å². The topological polar surface area (TPSA) is 80.3 Å². The first-order valence-corrected chi connectivity index (χ1v) is 10.3. The molecular formula is C25H22N4O4. The van der Waals surface area contributed by atoms with Crippen LogP contribution in [0.2, 0.25) is 0 Å². The maximum Gasteiger partial charge on any atom is 0.330 e. The van der Waals surface area contributed by atoms with Gasteiger partial charge in [-0.25, -0.2) is 4.79 Å². The third kappa shape index (κ3) is 3.02. The molecule has 0 saturated carbocycles. The molecule has 0 unspecified atom stereocenters. The van der Waals surface area contributed by atoms with Gasteiger partial charge < -0.3 is 14.0 Å². The Morgan fingerprint density at radius 1 is 0.879 bits per heavy atom. The van der Waals surface area contributed by atoms with Gasteiger partial charge >= 0.3 is 5.69 Å². The Kier molecular flexibility index (Phi) is 4.78. The Labute approximate surface area is 188 Å². The van der Waals surface area contributed by atoms with Crippen molar-refractivity contribution in [1.29, 1.82) is 0 Å². The number of aromatic nitrogens is 4. The zero-order valence-electron chi connectivity index (χ0n) is 18.7. The molecule has 0 amide bonds. The monoisotopic (exact) mass is 442 g/mol. The molecule has 0 aliphatic carbocycles. The predicted octanol–water partition coefficient (Wildman–Crippen LogP) is 3.26. The fourth-order valence-electron chi connectivity index (χ4n) is 4.28. The molecule has 0 radical (unpaired) electrons. The third-order valence-corrected chi connectivity index (χ3v) is 5.97. The number of methoxy groups -OCH3 is 2. The number of fused-ring (bicyclic) bond motifs is 2. The summed E-state index contributed by atoms with van der Waals surface area (Å²) in [5.41, 5.74) is 2.73. The van der Waals surface area contributed by atoms with E-state index >= 15 is 0 Å². The summed E-state index contributed by atoms with van der Waals surface area (Å²) in [4.78, 5) is 30.6. The van der Waals surface area contributed by atoms with Crippen LogP contribution in [0.25, 0.3) is 38.8 Å². The molecule has 2 aromatic carbocycles. The van der Waals surface area contributed by atoms with Gasteiger partial charge in [0.15, 0.2) is 11.5 Å². The molecule has 0 aliphatic rings. The van der Waals surface area contributed by atoms with E-state index in [9.17, 15) is 9.59 Å². The highest BCUT2D eigenvalue weighted by atomic mass is 16.5. The Balaban J connectivity index is 1.97. The molecule has 8 heteroatoms. The van der Waals surface area contributed by atoms with Crippen molar-refractivity contribution in [3.63, 3.8) is 0 Å². The van der Waals surface area contributed by atoms with E-state index in [1.54, 1.807) is 33.5 Å². The molecule has 0 atom stereocenters. The van der Waals surface area contributed by atoms with Gasteiger partial charge in [-0.2, -0.15) is 0 Å². The zero-order chi connectivity index (χ0) is 23.3. The first-order chi connectivity index (χ1) is 16.0. The van der Waals surface area contributed by atoms with Crippen LogP contribution in [0.1, 0.15) is 0 Å². The molecule has 0 bridgehead atoms. The summed E-state index contributed by atoms with van der Waals surface area (Å²) in [5, 5.41) is 1.40. The minimum atomic E-state index is -0.389. The Hall–Kier alpha value is -4.33. The van der Waals surface area contributed by atoms with Crippen LogP contribution in [0.5, 0.6) is 11.5 Å². The average molecular weight is 442 g/mol. The van der Waals surface area contributed by atoms with E-state index < -0.39 is 0 Å². The minimum Gasteiger partial charge on any atom is -0.493 e. The lowest BCUT2D eigenvalue weighted by Gasteiger charge is -2.14. The molecule has 3 aromatic heterocycles. The number of aryl methyl sites for hydroxylation is 1. The average Bonchev–Trinajstić information content (AvgIpc) is 3.26. The molecule has 8 nitrogen and oxygen atoms in total. The van der Waals surface area contributed by atoms with Crippen molar-refractivity contribution >= 4 is 21.8 Å². The maximum absolute atomic E-state index is 13.3. The van der Waals surface area contributed by atoms with Crippen LogP contribution in [0.15, 0.2) is 70.5 Å². The minimum absolute atomic E-state index is 0.371. The van der Waals surface area contributed by atoms with E-state index in [1.807, 2.05) is 53.2 Å². The zero-order valence-corrected chi connectivity index (χ0v) is 18.7. The van der Waals surface area contributed by atoms with Gasteiger partial charge in [-0.15, -0.1) is 0 Å². The third-order valence-electron chi connectivity index (χ3n) is 5.97. The molecule has 5 aromatic rings. The molecular weight excluding hydrogens is 420 g/mol. The van der Waals surface area contributed by atoms with Gasteiger partial charge in [0.05, 0.1) is 42.0 Å². The quantitative estimate of drug-likeness (QED) is 0.427. The lowest BCUT2D eigenvalue weighted by molar-refractivity contribution is 0.355. The van der Waals surface area contributed by atoms with E-state index in [-0.39, 0.29) is 11.2 Å². The summed E-state index contributed by atoms with van der Waals surface area (Å²) in [6, 6.07) is 15.2. The second-order valence-corrected chi connectivity index (χ2v) is 7.74. The molecule has 0 spiro atoms. The van der Waals surface area contributed by atoms with Crippen molar-refractivity contribution in [1.82, 2.24) is 18.7 Å². The summed E-state index contributed by atoms with van der Waals surface area (Å²) in [5.74, 6) is 1.12. The molecule has 0 N–H and O–H groups in total. The highest BCUT2D eigenvalue weighted by Crippen LogP contribution is 2.37. The molecule has 0 saturated heterocycles. The molecule has 166 valence electrons. The van der Waals surface area contributed by atoms with E-state index in [0.717, 1.165) is 26.7 Å². The number of rotatable bonds is 4. The van der Waals surface area contributed by atoms with Gasteiger partial charge in [0.2, 0.25) is 0 Å². The van der Waals surface area contributed by atoms with Crippen molar-refractivity contribution < 1.29 is 9.47 Å². The summed E-state index contributed by atoms with van der Waals surface area (Å²) < 4.78 is 15.4. The van der Waals surface area contributed by atoms with Gasteiger partial charge in [-0.1, -0.05) is 18.2 Å². The van der Waals surface area contributed by atoms with Crippen LogP contribution in [0.3, 0.4) is 0 Å². The number of ether oxygens (including phenoxy) is 2. The van der Waals surface area contributed by atoms with E-state index in [0.29, 0.717) is 28.1 Å². The molecule has 0 fully saturated rings. The predicted molar refractivity (Wildman–Crippen MR) is 128 cm³/mol. The van der Waals surface area contributed by atoms with Crippen molar-refractivity contribution in [2.75, 3.05) is 14.2 Å². The first kappa shape index (κ1) is 20.6. The van der Waals surface area contributed by atoms with Gasteiger partial charge in [-0.05, 0) is 30.3 Å². The van der Waals surface area contributed by atoms with Crippen LogP contribution in [-0.2, 0) is 14.1 Å². The van der Waals surface area contributed by atoms with Gasteiger partial charge in [-0.3, -0.25) is 18.9 Å². The summed E-state index contributed by atoms with van der Waals surface area (Å²) in [6.45, 7) is 0. The highest BCUT2D eigenvalue weighted by molar-refractivity contribution is 5.97. The standard InChI is InChI=1S/C25H22N4O4/c1-27-18-14-29(17-9-5-7-15-8-6-12-26-22(15)17)23(21(18)24(30)28(2)25(27)31)16-10-11-19(32-3)20(13-16)33-4/h5-14H,1-4H3. The Morgan fingerprint density at radius 3 is 2.39 bits per heavy atom. The summed E-state index contributed by atoms with van der Waals surface area (Å²) in [6.07, 6.45) is 3.55. The second-order valence-electron chi connectivity index (χ2n) is 7.74. The van der Waals surface area contributed by atoms with Crippen LogP contribution in [0, 0.1) is 0 Å². The number of benzene rings is 2. The Morgan fingerprint density at radius 2 is 1.64 bits per heavy atom. The fourth-order valence-corrected chi connectivity index (χ4v) is 4.28. The molecule has 5 rings (SSSR count). The van der Waals surface area contributed by atoms with Crippen molar-refractivity contribution in [3.8, 4) is 28.4 Å². The number of para-hydroxylation sites is 1. The van der Waals surface area contributed by atoms with Crippen LogP contribution in [0.4, 0.5) is 0 Å². The number of nitrogens with zero attached hydrogens (tertiary/aromatic N) is 4. The molecule has 3 heterocycles. The van der Waals surface area contributed by atoms with E-state index in [1.165, 1.54) is 11.6 Å².